The number of carbonyl (C=O) groups is 1. The molecule has 0 bridgehead atoms. The zero-order valence-corrected chi connectivity index (χ0v) is 23.2. The number of esters is 1. The molecule has 0 aromatic heterocycles. The number of rotatable bonds is 10. The summed E-state index contributed by atoms with van der Waals surface area (Å²) >= 11 is 0. The van der Waals surface area contributed by atoms with Crippen molar-refractivity contribution in [3.05, 3.63) is 77.4 Å². The van der Waals surface area contributed by atoms with Gasteiger partial charge in [-0.25, -0.2) is 4.79 Å². The predicted octanol–water partition coefficient (Wildman–Crippen LogP) is 6.75. The number of allylic oxidation sites excluding steroid dienone is 3. The van der Waals surface area contributed by atoms with E-state index in [-0.39, 0.29) is 41.9 Å². The first kappa shape index (κ1) is 28.2. The first-order valence-electron chi connectivity index (χ1n) is 13.2. The fourth-order valence-electron chi connectivity index (χ4n) is 5.29. The van der Waals surface area contributed by atoms with Gasteiger partial charge in [0, 0.05) is 11.5 Å². The number of aromatic hydroxyl groups is 1. The molecule has 0 saturated heterocycles. The molecule has 2 aliphatic carbocycles. The Kier molecular flexibility index (Phi) is 8.51. The van der Waals surface area contributed by atoms with Crippen LogP contribution in [0.4, 0.5) is 0 Å². The lowest BCUT2D eigenvalue weighted by Crippen LogP contribution is -2.50. The van der Waals surface area contributed by atoms with Crippen LogP contribution in [-0.2, 0) is 20.3 Å². The number of aryl methyl sites for hydroxylation is 1. The highest BCUT2D eigenvalue weighted by Crippen LogP contribution is 2.52. The number of hydrogen-bond acceptors (Lipinski definition) is 7. The van der Waals surface area contributed by atoms with Crippen molar-refractivity contribution in [2.75, 3.05) is 0 Å². The minimum absolute atomic E-state index is 0.0476. The fourth-order valence-corrected chi connectivity index (χ4v) is 6.39. The number of phenols is 1. The van der Waals surface area contributed by atoms with Crippen LogP contribution in [0.1, 0.15) is 76.3 Å². The van der Waals surface area contributed by atoms with E-state index in [2.05, 4.69) is 12.7 Å². The standard InChI is InChI=1S/C30H37O7P/c1-5-10-22-18-26(31)28(25-17-21(4)13-14-24(25)20(2)3)27(19-22)35-29(32)30(15-9-16-30)37-38(33,34)36-23-11-7-6-8-12-23/h6-8,11-12,17-19,24-25,31H,2,5,9-10,13-16H2,1,3-4H3,(H,33,34)/p-1/t24-,25+/m0/s1. The van der Waals surface area contributed by atoms with Crippen LogP contribution in [0.2, 0.25) is 0 Å². The highest BCUT2D eigenvalue weighted by molar-refractivity contribution is 7.46. The van der Waals surface area contributed by atoms with Gasteiger partial charge in [-0.2, -0.15) is 0 Å². The SMILES string of the molecule is C=C(C)[C@@H]1CCC(C)=C[C@H]1c1c(O)cc(CCC)cc1OC(=O)C1(OP(=O)([O-])Oc2ccccc2)CCC1. The molecular weight excluding hydrogens is 503 g/mol. The first-order valence-corrected chi connectivity index (χ1v) is 14.7. The quantitative estimate of drug-likeness (QED) is 0.154. The Morgan fingerprint density at radius 2 is 1.95 bits per heavy atom. The van der Waals surface area contributed by atoms with Crippen LogP contribution < -0.4 is 14.2 Å². The number of phenolic OH excluding ortho intramolecular Hbond substituents is 1. The largest absolute Gasteiger partial charge is 0.746 e. The molecule has 2 aliphatic rings. The monoisotopic (exact) mass is 539 g/mol. The third-order valence-corrected chi connectivity index (χ3v) is 8.42. The second kappa shape index (κ2) is 11.5. The third kappa shape index (κ3) is 6.23. The van der Waals surface area contributed by atoms with Gasteiger partial charge >= 0.3 is 13.8 Å². The molecule has 3 atom stereocenters. The van der Waals surface area contributed by atoms with Gasteiger partial charge in [0.05, 0.1) is 0 Å². The van der Waals surface area contributed by atoms with Gasteiger partial charge in [0.1, 0.15) is 17.2 Å². The number of ether oxygens (including phenoxy) is 1. The van der Waals surface area contributed by atoms with Gasteiger partial charge in [0.25, 0.3) is 0 Å². The molecule has 4 rings (SSSR count). The molecule has 7 nitrogen and oxygen atoms in total. The van der Waals surface area contributed by atoms with Crippen molar-refractivity contribution < 1.29 is 33.1 Å². The van der Waals surface area contributed by atoms with Crippen molar-refractivity contribution in [3.63, 3.8) is 0 Å². The van der Waals surface area contributed by atoms with Crippen LogP contribution >= 0.6 is 7.82 Å². The van der Waals surface area contributed by atoms with Crippen molar-refractivity contribution >= 4 is 13.8 Å². The van der Waals surface area contributed by atoms with Crippen LogP contribution in [0.5, 0.6) is 17.2 Å². The normalized spacial score (nSPS) is 21.9. The number of para-hydroxylation sites is 1. The van der Waals surface area contributed by atoms with Crippen molar-refractivity contribution in [1.82, 2.24) is 0 Å². The molecule has 1 unspecified atom stereocenters. The van der Waals surface area contributed by atoms with Crippen LogP contribution in [-0.4, -0.2) is 16.7 Å². The van der Waals surface area contributed by atoms with Gasteiger partial charge in [-0.05, 0) is 88.1 Å². The number of hydrogen-bond donors (Lipinski definition) is 1. The smallest absolute Gasteiger partial charge is 0.344 e. The second-order valence-corrected chi connectivity index (χ2v) is 11.7. The lowest BCUT2D eigenvalue weighted by molar-refractivity contribution is -0.235. The van der Waals surface area contributed by atoms with Crippen molar-refractivity contribution in [3.8, 4) is 17.2 Å². The molecule has 1 N–H and O–H groups in total. The first-order chi connectivity index (χ1) is 18.0. The summed E-state index contributed by atoms with van der Waals surface area (Å²) in [4.78, 5) is 26.3. The van der Waals surface area contributed by atoms with Crippen molar-refractivity contribution in [2.45, 2.75) is 77.2 Å². The van der Waals surface area contributed by atoms with Crippen molar-refractivity contribution in [1.29, 1.82) is 0 Å². The van der Waals surface area contributed by atoms with Gasteiger partial charge in [-0.1, -0.05) is 55.3 Å². The molecule has 8 heteroatoms. The minimum atomic E-state index is -4.88. The maximum Gasteiger partial charge on any atom is 0.344 e. The van der Waals surface area contributed by atoms with E-state index in [9.17, 15) is 19.4 Å². The Labute approximate surface area is 224 Å². The Morgan fingerprint density at radius 1 is 1.24 bits per heavy atom. The second-order valence-electron chi connectivity index (χ2n) is 10.5. The van der Waals surface area contributed by atoms with Gasteiger partial charge in [0.2, 0.25) is 0 Å². The molecule has 0 heterocycles. The molecule has 204 valence electrons. The molecule has 0 amide bonds. The Bertz CT molecular complexity index is 1260. The lowest BCUT2D eigenvalue weighted by Gasteiger charge is -2.42. The van der Waals surface area contributed by atoms with E-state index in [4.69, 9.17) is 13.8 Å². The van der Waals surface area contributed by atoms with E-state index in [1.807, 2.05) is 20.8 Å². The predicted molar refractivity (Wildman–Crippen MR) is 144 cm³/mol. The molecule has 0 spiro atoms. The highest BCUT2D eigenvalue weighted by Gasteiger charge is 2.51. The number of carbonyl (C=O) groups excluding carboxylic acids is 1. The summed E-state index contributed by atoms with van der Waals surface area (Å²) in [5.74, 6) is -0.613. The average Bonchev–Trinajstić information content (AvgIpc) is 2.81. The summed E-state index contributed by atoms with van der Waals surface area (Å²) in [5, 5.41) is 11.2. The molecular formula is C30H36O7P-. The number of benzene rings is 2. The van der Waals surface area contributed by atoms with Crippen LogP contribution in [0, 0.1) is 5.92 Å². The highest BCUT2D eigenvalue weighted by atomic mass is 31.2. The van der Waals surface area contributed by atoms with E-state index < -0.39 is 19.4 Å². The molecule has 1 saturated carbocycles. The minimum Gasteiger partial charge on any atom is -0.746 e. The Hall–Kier alpha value is -2.86. The maximum absolute atomic E-state index is 13.6. The zero-order chi connectivity index (χ0) is 27.5. The Balaban J connectivity index is 1.67. The lowest BCUT2D eigenvalue weighted by atomic mass is 9.73. The zero-order valence-electron chi connectivity index (χ0n) is 22.3. The molecule has 38 heavy (non-hydrogen) atoms. The summed E-state index contributed by atoms with van der Waals surface area (Å²) in [5.41, 5.74) is 1.82. The van der Waals surface area contributed by atoms with Gasteiger partial charge in [0.15, 0.2) is 5.60 Å². The van der Waals surface area contributed by atoms with Gasteiger partial charge in [-0.15, -0.1) is 0 Å². The summed E-state index contributed by atoms with van der Waals surface area (Å²) in [6.45, 7) is 10.2. The Morgan fingerprint density at radius 3 is 2.55 bits per heavy atom. The van der Waals surface area contributed by atoms with Crippen molar-refractivity contribution in [2.24, 2.45) is 5.92 Å². The number of phosphoric acid groups is 1. The molecule has 2 aromatic carbocycles. The molecule has 2 aromatic rings. The average molecular weight is 540 g/mol. The van der Waals surface area contributed by atoms with E-state index in [0.717, 1.165) is 30.4 Å². The summed E-state index contributed by atoms with van der Waals surface area (Å²) in [6.07, 6.45) is 6.40. The molecule has 0 radical (unpaired) electrons. The van der Waals surface area contributed by atoms with Crippen LogP contribution in [0.3, 0.4) is 0 Å². The van der Waals surface area contributed by atoms with E-state index in [1.165, 1.54) is 17.7 Å². The summed E-state index contributed by atoms with van der Waals surface area (Å²) in [7, 11) is -4.88. The maximum atomic E-state index is 13.6. The van der Waals surface area contributed by atoms with E-state index in [1.54, 1.807) is 30.3 Å². The third-order valence-electron chi connectivity index (χ3n) is 7.42. The van der Waals surface area contributed by atoms with E-state index in [0.29, 0.717) is 18.4 Å². The topological polar surface area (TPSA) is 105 Å². The molecule has 1 fully saturated rings. The van der Waals surface area contributed by atoms with Crippen LogP contribution in [0.25, 0.3) is 0 Å². The van der Waals surface area contributed by atoms with Gasteiger partial charge in [-0.3, -0.25) is 9.09 Å². The molecule has 0 aliphatic heterocycles. The summed E-state index contributed by atoms with van der Waals surface area (Å²) < 4.78 is 29.2. The summed E-state index contributed by atoms with van der Waals surface area (Å²) in [6, 6.07) is 11.5. The number of phosphoric ester groups is 1. The van der Waals surface area contributed by atoms with E-state index >= 15 is 0 Å². The van der Waals surface area contributed by atoms with Gasteiger partial charge < -0.3 is 19.3 Å². The van der Waals surface area contributed by atoms with Crippen LogP contribution in [0.15, 0.2) is 66.3 Å². The fraction of sp³-hybridized carbons (Fsp3) is 0.433.